The van der Waals surface area contributed by atoms with Crippen molar-refractivity contribution in [1.29, 1.82) is 0 Å². The van der Waals surface area contributed by atoms with Gasteiger partial charge in [-0.15, -0.1) is 11.3 Å². The van der Waals surface area contributed by atoms with E-state index in [4.69, 9.17) is 10.9 Å². The summed E-state index contributed by atoms with van der Waals surface area (Å²) in [7, 11) is 0. The minimum atomic E-state index is -0.228. The van der Waals surface area contributed by atoms with Gasteiger partial charge in [0.2, 0.25) is 0 Å². The largest absolute Gasteiger partial charge is 0.409 e. The van der Waals surface area contributed by atoms with E-state index in [9.17, 15) is 0 Å². The number of hydrogen-bond donors (Lipinski definition) is 3. The zero-order valence-electron chi connectivity index (χ0n) is 12.0. The van der Waals surface area contributed by atoms with Crippen LogP contribution in [0.5, 0.6) is 0 Å². The lowest BCUT2D eigenvalue weighted by Crippen LogP contribution is -2.32. The van der Waals surface area contributed by atoms with Crippen molar-refractivity contribution < 1.29 is 5.21 Å². The quantitative estimate of drug-likeness (QED) is 0.225. The molecule has 0 radical (unpaired) electrons. The van der Waals surface area contributed by atoms with Gasteiger partial charge in [-0.3, -0.25) is 0 Å². The maximum absolute atomic E-state index is 8.70. The van der Waals surface area contributed by atoms with E-state index >= 15 is 0 Å². The SMILES string of the molecule is C[C@H](NCCCCC(C)(C)/C(N)=N/O)c1cccs1. The summed E-state index contributed by atoms with van der Waals surface area (Å²) in [6.07, 6.45) is 3.09. The molecule has 4 nitrogen and oxygen atoms in total. The lowest BCUT2D eigenvalue weighted by atomic mass is 9.86. The summed E-state index contributed by atoms with van der Waals surface area (Å²) < 4.78 is 0. The molecule has 108 valence electrons. The van der Waals surface area contributed by atoms with Gasteiger partial charge in [-0.1, -0.05) is 31.5 Å². The van der Waals surface area contributed by atoms with Crippen molar-refractivity contribution in [2.24, 2.45) is 16.3 Å². The van der Waals surface area contributed by atoms with Crippen molar-refractivity contribution in [1.82, 2.24) is 5.32 Å². The van der Waals surface area contributed by atoms with E-state index < -0.39 is 0 Å². The molecule has 0 bridgehead atoms. The van der Waals surface area contributed by atoms with Crippen molar-refractivity contribution in [3.05, 3.63) is 22.4 Å². The molecule has 0 aliphatic heterocycles. The molecule has 0 aliphatic rings. The number of nitrogens with zero attached hydrogens (tertiary/aromatic N) is 1. The fraction of sp³-hybridized carbons (Fsp3) is 0.643. The molecule has 1 aromatic rings. The Bertz CT molecular complexity index is 387. The van der Waals surface area contributed by atoms with Crippen molar-refractivity contribution in [3.63, 3.8) is 0 Å². The third kappa shape index (κ3) is 5.20. The van der Waals surface area contributed by atoms with Crippen LogP contribution in [0.25, 0.3) is 0 Å². The summed E-state index contributed by atoms with van der Waals surface area (Å²) in [5.74, 6) is 0.312. The molecule has 0 amide bonds. The van der Waals surface area contributed by atoms with Crippen LogP contribution in [0.1, 0.15) is 51.0 Å². The van der Waals surface area contributed by atoms with Gasteiger partial charge in [-0.05, 0) is 37.8 Å². The standard InChI is InChI=1S/C14H25N3OS/c1-11(12-7-6-10-19-12)16-9-5-4-8-14(2,3)13(15)17-18/h6-7,10-11,16,18H,4-5,8-9H2,1-3H3,(H2,15,17)/t11-/m0/s1. The van der Waals surface area contributed by atoms with E-state index in [0.29, 0.717) is 11.9 Å². The molecular weight excluding hydrogens is 258 g/mol. The smallest absolute Gasteiger partial charge is 0.144 e. The third-order valence-electron chi connectivity index (χ3n) is 3.45. The van der Waals surface area contributed by atoms with E-state index in [1.807, 2.05) is 13.8 Å². The highest BCUT2D eigenvalue weighted by molar-refractivity contribution is 7.10. The van der Waals surface area contributed by atoms with Gasteiger partial charge in [0, 0.05) is 16.3 Å². The van der Waals surface area contributed by atoms with Crippen LogP contribution in [0.15, 0.2) is 22.7 Å². The van der Waals surface area contributed by atoms with E-state index in [1.54, 1.807) is 11.3 Å². The number of nitrogens with one attached hydrogen (secondary N) is 1. The molecular formula is C14H25N3OS. The summed E-state index contributed by atoms with van der Waals surface area (Å²) in [4.78, 5) is 1.37. The number of oxime groups is 1. The Balaban J connectivity index is 2.18. The van der Waals surface area contributed by atoms with Gasteiger partial charge in [0.1, 0.15) is 5.84 Å². The topological polar surface area (TPSA) is 70.6 Å². The van der Waals surface area contributed by atoms with Crippen LogP contribution in [-0.2, 0) is 0 Å². The number of rotatable bonds is 8. The lowest BCUT2D eigenvalue weighted by Gasteiger charge is -2.22. The van der Waals surface area contributed by atoms with Crippen LogP contribution >= 0.6 is 11.3 Å². The van der Waals surface area contributed by atoms with E-state index in [1.165, 1.54) is 4.88 Å². The number of hydrogen-bond acceptors (Lipinski definition) is 4. The average molecular weight is 283 g/mol. The highest BCUT2D eigenvalue weighted by Crippen LogP contribution is 2.23. The number of unbranched alkanes of at least 4 members (excludes halogenated alkanes) is 1. The Hall–Kier alpha value is -1.07. The van der Waals surface area contributed by atoms with Gasteiger partial charge >= 0.3 is 0 Å². The minimum absolute atomic E-state index is 0.228. The molecule has 1 aromatic heterocycles. The summed E-state index contributed by atoms with van der Waals surface area (Å²) in [5.41, 5.74) is 5.44. The second-order valence-corrected chi connectivity index (χ2v) is 6.50. The molecule has 0 aliphatic carbocycles. The molecule has 0 saturated carbocycles. The van der Waals surface area contributed by atoms with Crippen LogP contribution in [0, 0.1) is 5.41 Å². The fourth-order valence-corrected chi connectivity index (χ4v) is 2.67. The minimum Gasteiger partial charge on any atom is -0.409 e. The fourth-order valence-electron chi connectivity index (χ4n) is 1.91. The summed E-state index contributed by atoms with van der Waals surface area (Å²) in [5, 5.41) is 17.4. The first kappa shape index (κ1) is 16.0. The molecule has 0 aromatic carbocycles. The van der Waals surface area contributed by atoms with E-state index in [0.717, 1.165) is 25.8 Å². The highest BCUT2D eigenvalue weighted by atomic mass is 32.1. The highest BCUT2D eigenvalue weighted by Gasteiger charge is 2.22. The van der Waals surface area contributed by atoms with Crippen LogP contribution in [0.4, 0.5) is 0 Å². The molecule has 1 atom stereocenters. The first-order valence-corrected chi connectivity index (χ1v) is 7.60. The Morgan fingerprint density at radius 1 is 1.53 bits per heavy atom. The van der Waals surface area contributed by atoms with Gasteiger partial charge in [0.15, 0.2) is 0 Å². The predicted molar refractivity (Wildman–Crippen MR) is 81.8 cm³/mol. The van der Waals surface area contributed by atoms with Crippen molar-refractivity contribution in [2.75, 3.05) is 6.54 Å². The Morgan fingerprint density at radius 2 is 2.26 bits per heavy atom. The zero-order valence-corrected chi connectivity index (χ0v) is 12.8. The Kier molecular flexibility index (Phi) is 6.31. The molecule has 0 spiro atoms. The average Bonchev–Trinajstić information content (AvgIpc) is 2.90. The maximum Gasteiger partial charge on any atom is 0.144 e. The van der Waals surface area contributed by atoms with Crippen molar-refractivity contribution in [3.8, 4) is 0 Å². The molecule has 4 N–H and O–H groups in total. The van der Waals surface area contributed by atoms with Gasteiger partial charge < -0.3 is 16.3 Å². The van der Waals surface area contributed by atoms with Gasteiger partial charge in [0.05, 0.1) is 0 Å². The second kappa shape index (κ2) is 7.50. The zero-order chi connectivity index (χ0) is 14.3. The van der Waals surface area contributed by atoms with Crippen molar-refractivity contribution >= 4 is 17.2 Å². The second-order valence-electron chi connectivity index (χ2n) is 5.52. The molecule has 0 saturated heterocycles. The van der Waals surface area contributed by atoms with Crippen LogP contribution in [-0.4, -0.2) is 17.6 Å². The molecule has 1 rings (SSSR count). The van der Waals surface area contributed by atoms with Crippen molar-refractivity contribution in [2.45, 2.75) is 46.1 Å². The number of nitrogens with two attached hydrogens (primary N) is 1. The van der Waals surface area contributed by atoms with E-state index in [-0.39, 0.29) is 5.41 Å². The van der Waals surface area contributed by atoms with Gasteiger partial charge in [0.25, 0.3) is 0 Å². The number of thiophene rings is 1. The van der Waals surface area contributed by atoms with Crippen LogP contribution in [0.2, 0.25) is 0 Å². The summed E-state index contributed by atoms with van der Waals surface area (Å²) in [6.45, 7) is 7.19. The third-order valence-corrected chi connectivity index (χ3v) is 4.51. The number of amidine groups is 1. The van der Waals surface area contributed by atoms with Gasteiger partial charge in [-0.25, -0.2) is 0 Å². The lowest BCUT2D eigenvalue weighted by molar-refractivity contribution is 0.304. The van der Waals surface area contributed by atoms with E-state index in [2.05, 4.69) is 34.9 Å². The molecule has 0 unspecified atom stereocenters. The predicted octanol–water partition coefficient (Wildman–Crippen LogP) is 3.34. The first-order valence-electron chi connectivity index (χ1n) is 6.72. The van der Waals surface area contributed by atoms with Crippen LogP contribution < -0.4 is 11.1 Å². The Labute approximate surface area is 119 Å². The molecule has 5 heteroatoms. The monoisotopic (exact) mass is 283 g/mol. The molecule has 0 fully saturated rings. The summed E-state index contributed by atoms with van der Waals surface area (Å²) in [6, 6.07) is 4.65. The molecule has 19 heavy (non-hydrogen) atoms. The molecule has 1 heterocycles. The Morgan fingerprint density at radius 3 is 2.84 bits per heavy atom. The first-order chi connectivity index (χ1) is 8.97. The van der Waals surface area contributed by atoms with Gasteiger partial charge in [-0.2, -0.15) is 0 Å². The van der Waals surface area contributed by atoms with Crippen LogP contribution in [0.3, 0.4) is 0 Å². The summed E-state index contributed by atoms with van der Waals surface area (Å²) >= 11 is 1.78. The normalized spacial score (nSPS) is 14.6. The maximum atomic E-state index is 8.70.